The van der Waals surface area contributed by atoms with Crippen LogP contribution in [0.4, 0.5) is 0 Å². The average molecular weight is 391 g/mol. The SMILES string of the molecule is CCO[Si](C)(C)CCCS(CCC[Si](C)(C)O)=S=S=S. The van der Waals surface area contributed by atoms with E-state index in [0.29, 0.717) is 9.45 Å². The van der Waals surface area contributed by atoms with Gasteiger partial charge in [-0.05, 0) is 98.5 Å². The van der Waals surface area contributed by atoms with Gasteiger partial charge in [0.1, 0.15) is 0 Å². The summed E-state index contributed by atoms with van der Waals surface area (Å²) in [5.74, 6) is 2.47. The van der Waals surface area contributed by atoms with Crippen LogP contribution in [0.3, 0.4) is 0 Å². The minimum Gasteiger partial charge on any atom is -0.432 e. The molecular weight excluding hydrogens is 361 g/mol. The van der Waals surface area contributed by atoms with Crippen LogP contribution in [0.25, 0.3) is 0 Å². The van der Waals surface area contributed by atoms with E-state index in [9.17, 15) is 4.80 Å². The number of hydrogen-bond donors (Lipinski definition) is 1. The molecule has 0 fully saturated rings. The normalized spacial score (nSPS) is 14.1. The molecule has 0 aromatic rings. The Bertz CT molecular complexity index is 370. The predicted octanol–water partition coefficient (Wildman–Crippen LogP) is 3.28. The van der Waals surface area contributed by atoms with Crippen LogP contribution >= 0.6 is 0 Å². The first-order chi connectivity index (χ1) is 9.20. The fourth-order valence-electron chi connectivity index (χ4n) is 2.00. The first kappa shape index (κ1) is 21.4. The second-order valence-electron chi connectivity index (χ2n) is 6.20. The Kier molecular flexibility index (Phi) is 11.7. The molecule has 0 bridgehead atoms. The van der Waals surface area contributed by atoms with Gasteiger partial charge in [-0.15, -0.1) is 9.45 Å². The van der Waals surface area contributed by atoms with Gasteiger partial charge in [0.15, 0.2) is 16.6 Å². The minimum atomic E-state index is -1.87. The van der Waals surface area contributed by atoms with Gasteiger partial charge in [-0.2, -0.15) is 0 Å². The summed E-state index contributed by atoms with van der Waals surface area (Å²) in [6.45, 7) is 11.6. The van der Waals surface area contributed by atoms with E-state index < -0.39 is 16.6 Å². The van der Waals surface area contributed by atoms with E-state index in [2.05, 4.69) is 20.0 Å². The molecule has 8 heteroatoms. The summed E-state index contributed by atoms with van der Waals surface area (Å²) in [6.07, 6.45) is 2.40. The van der Waals surface area contributed by atoms with Crippen LogP contribution in [0.1, 0.15) is 19.8 Å². The van der Waals surface area contributed by atoms with Gasteiger partial charge in [-0.3, -0.25) is 0 Å². The van der Waals surface area contributed by atoms with Crippen LogP contribution in [0.15, 0.2) is 0 Å². The molecule has 0 aliphatic heterocycles. The zero-order chi connectivity index (χ0) is 15.6. The van der Waals surface area contributed by atoms with Crippen molar-refractivity contribution < 1.29 is 9.22 Å². The molecule has 0 amide bonds. The molecule has 0 rings (SSSR count). The molecule has 0 aliphatic rings. The molecular formula is C12H30O2S4Si2. The fraction of sp³-hybridized carbons (Fsp3) is 1.00. The zero-order valence-corrected chi connectivity index (χ0v) is 18.7. The summed E-state index contributed by atoms with van der Waals surface area (Å²) >= 11 is 5.05. The molecule has 0 radical (unpaired) electrons. The van der Waals surface area contributed by atoms with Crippen LogP contribution in [0, 0.1) is 0 Å². The highest BCUT2D eigenvalue weighted by atomic mass is 33.2. The number of rotatable bonds is 10. The topological polar surface area (TPSA) is 29.5 Å². The van der Waals surface area contributed by atoms with Gasteiger partial charge in [0, 0.05) is 6.61 Å². The standard InChI is InChI=1S/C12H30O2S4Si2/c1-6-14-20(4,5)12-8-10-18(17-16-15)9-7-11-19(2,3)13/h13H,6-12H2,1-5H3. The summed E-state index contributed by atoms with van der Waals surface area (Å²) in [4.78, 5) is 9.90. The fourth-order valence-corrected chi connectivity index (χ4v) is 12.3. The molecule has 0 aliphatic carbocycles. The lowest BCUT2D eigenvalue weighted by molar-refractivity contribution is 0.328. The van der Waals surface area contributed by atoms with Crippen molar-refractivity contribution in [1.29, 1.82) is 0 Å². The number of hydrogen-bond acceptors (Lipinski definition) is 3. The highest BCUT2D eigenvalue weighted by Gasteiger charge is 2.21. The third-order valence-electron chi connectivity index (χ3n) is 2.97. The largest absolute Gasteiger partial charge is 0.432 e. The quantitative estimate of drug-likeness (QED) is 0.580. The average Bonchev–Trinajstić information content (AvgIpc) is 2.26. The molecule has 1 atom stereocenters. The first-order valence-corrected chi connectivity index (χ1v) is 18.6. The zero-order valence-electron chi connectivity index (χ0n) is 13.4. The van der Waals surface area contributed by atoms with Gasteiger partial charge in [0.25, 0.3) is 0 Å². The van der Waals surface area contributed by atoms with E-state index in [-0.39, 0.29) is 0 Å². The van der Waals surface area contributed by atoms with E-state index in [4.69, 9.17) is 15.6 Å². The second-order valence-corrected chi connectivity index (χ2v) is 21.3. The highest BCUT2D eigenvalue weighted by Crippen LogP contribution is 2.15. The Labute approximate surface area is 140 Å². The lowest BCUT2D eigenvalue weighted by atomic mass is 10.6. The van der Waals surface area contributed by atoms with Crippen LogP contribution < -0.4 is 0 Å². The second kappa shape index (κ2) is 11.0. The summed E-state index contributed by atoms with van der Waals surface area (Å²) in [5.41, 5.74) is 0. The molecule has 2 nitrogen and oxygen atoms in total. The van der Waals surface area contributed by atoms with Gasteiger partial charge in [-0.1, -0.05) is 0 Å². The third kappa shape index (κ3) is 13.1. The van der Waals surface area contributed by atoms with Gasteiger partial charge < -0.3 is 9.22 Å². The van der Waals surface area contributed by atoms with Crippen molar-refractivity contribution in [3.8, 4) is 0 Å². The van der Waals surface area contributed by atoms with E-state index >= 15 is 0 Å². The lowest BCUT2D eigenvalue weighted by Crippen LogP contribution is -2.30. The maximum Gasteiger partial charge on any atom is 0.186 e. The van der Waals surface area contributed by atoms with Crippen molar-refractivity contribution in [2.75, 3.05) is 18.1 Å². The third-order valence-corrected chi connectivity index (χ3v) is 14.4. The maximum atomic E-state index is 9.90. The molecule has 0 saturated heterocycles. The molecule has 0 aromatic heterocycles. The Hall–Kier alpha value is 1.36. The van der Waals surface area contributed by atoms with Crippen LogP contribution in [-0.4, -0.2) is 39.5 Å². The molecule has 1 unspecified atom stereocenters. The highest BCUT2D eigenvalue weighted by molar-refractivity contribution is 8.58. The minimum absolute atomic E-state index is 0.355. The van der Waals surface area contributed by atoms with Gasteiger partial charge in [0.05, 0.1) is 0 Å². The Morgan fingerprint density at radius 1 is 1.10 bits per heavy atom. The van der Waals surface area contributed by atoms with Crippen LogP contribution in [0.2, 0.25) is 38.3 Å². The van der Waals surface area contributed by atoms with E-state index in [1.807, 2.05) is 22.0 Å². The summed E-state index contributed by atoms with van der Waals surface area (Å²) in [6, 6.07) is 2.26. The van der Waals surface area contributed by atoms with Crippen molar-refractivity contribution in [2.45, 2.75) is 58.0 Å². The van der Waals surface area contributed by atoms with Gasteiger partial charge in [0.2, 0.25) is 0 Å². The van der Waals surface area contributed by atoms with E-state index in [1.165, 1.54) is 32.9 Å². The first-order valence-electron chi connectivity index (χ1n) is 7.21. The van der Waals surface area contributed by atoms with Crippen molar-refractivity contribution in [3.05, 3.63) is 0 Å². The summed E-state index contributed by atoms with van der Waals surface area (Å²) < 4.78 is 5.88. The Morgan fingerprint density at radius 3 is 2.10 bits per heavy atom. The molecule has 0 saturated carbocycles. The predicted molar refractivity (Wildman–Crippen MR) is 107 cm³/mol. The van der Waals surface area contributed by atoms with Gasteiger partial charge in [-0.25, -0.2) is 0 Å². The van der Waals surface area contributed by atoms with Crippen molar-refractivity contribution in [2.24, 2.45) is 0 Å². The summed E-state index contributed by atoms with van der Waals surface area (Å²) in [5, 5.41) is 0. The maximum absolute atomic E-state index is 9.90. The van der Waals surface area contributed by atoms with E-state index in [0.717, 1.165) is 19.1 Å². The molecule has 1 N–H and O–H groups in total. The van der Waals surface area contributed by atoms with Crippen molar-refractivity contribution in [3.63, 3.8) is 0 Å². The molecule has 122 valence electrons. The van der Waals surface area contributed by atoms with E-state index in [1.54, 1.807) is 0 Å². The molecule has 0 spiro atoms. The van der Waals surface area contributed by atoms with Crippen LogP contribution in [0.5, 0.6) is 0 Å². The molecule has 20 heavy (non-hydrogen) atoms. The lowest BCUT2D eigenvalue weighted by Gasteiger charge is -2.22. The Balaban J connectivity index is 4.18. The summed E-state index contributed by atoms with van der Waals surface area (Å²) in [7, 11) is 0.396. The van der Waals surface area contributed by atoms with Crippen molar-refractivity contribution in [1.82, 2.24) is 0 Å². The molecule has 0 heterocycles. The Morgan fingerprint density at radius 2 is 1.65 bits per heavy atom. The monoisotopic (exact) mass is 390 g/mol. The van der Waals surface area contributed by atoms with Crippen LogP contribution in [-0.2, 0) is 42.8 Å². The van der Waals surface area contributed by atoms with Gasteiger partial charge >= 0.3 is 0 Å². The molecule has 0 aromatic carbocycles. The smallest absolute Gasteiger partial charge is 0.186 e. The van der Waals surface area contributed by atoms with Crippen molar-refractivity contribution >= 4 is 55.0 Å².